The summed E-state index contributed by atoms with van der Waals surface area (Å²) >= 11 is 0. The Hall–Kier alpha value is -1.03. The Morgan fingerprint density at radius 1 is 1.36 bits per heavy atom. The van der Waals surface area contributed by atoms with Crippen molar-refractivity contribution in [2.45, 2.75) is 43.4 Å². The Bertz CT molecular complexity index is 671. The molecule has 2 aliphatic rings. The van der Waals surface area contributed by atoms with E-state index in [-0.39, 0.29) is 5.92 Å². The van der Waals surface area contributed by atoms with Gasteiger partial charge in [0, 0.05) is 51.4 Å². The molecule has 0 bridgehead atoms. The molecule has 0 spiro atoms. The summed E-state index contributed by atoms with van der Waals surface area (Å²) in [7, 11) is -1.61. The van der Waals surface area contributed by atoms with Gasteiger partial charge in [-0.05, 0) is 32.1 Å². The van der Waals surface area contributed by atoms with Crippen molar-refractivity contribution >= 4 is 10.0 Å². The van der Waals surface area contributed by atoms with Gasteiger partial charge in [0.05, 0.1) is 6.26 Å². The molecular weight excluding hydrogens is 346 g/mol. The predicted octanol–water partition coefficient (Wildman–Crippen LogP) is 1.29. The largest absolute Gasteiger partial charge is 0.385 e. The normalized spacial score (nSPS) is 26.8. The summed E-state index contributed by atoms with van der Waals surface area (Å²) in [6.07, 6.45) is 5.28. The smallest absolute Gasteiger partial charge is 0.229 e. The van der Waals surface area contributed by atoms with E-state index in [0.29, 0.717) is 51.0 Å². The lowest BCUT2D eigenvalue weighted by molar-refractivity contribution is 0.0778. The summed E-state index contributed by atoms with van der Waals surface area (Å²) in [6, 6.07) is 0. The lowest BCUT2D eigenvalue weighted by atomic mass is 9.77. The van der Waals surface area contributed by atoms with E-state index in [9.17, 15) is 8.42 Å². The molecule has 0 aliphatic carbocycles. The molecule has 1 aromatic heterocycles. The number of piperidine rings is 1. The minimum atomic E-state index is -3.25. The highest BCUT2D eigenvalue weighted by atomic mass is 32.2. The van der Waals surface area contributed by atoms with Crippen LogP contribution in [0.4, 0.5) is 0 Å². The zero-order valence-electron chi connectivity index (χ0n) is 14.9. The van der Waals surface area contributed by atoms with Crippen molar-refractivity contribution in [1.82, 2.24) is 14.4 Å². The van der Waals surface area contributed by atoms with Gasteiger partial charge in [-0.1, -0.05) is 5.16 Å². The fourth-order valence-electron chi connectivity index (χ4n) is 3.73. The van der Waals surface area contributed by atoms with Gasteiger partial charge in [-0.15, -0.1) is 0 Å². The summed E-state index contributed by atoms with van der Waals surface area (Å²) in [5.41, 5.74) is -0.454. The van der Waals surface area contributed by atoms with Crippen LogP contribution in [0.2, 0.25) is 0 Å². The second-order valence-electron chi connectivity index (χ2n) is 7.07. The monoisotopic (exact) mass is 373 g/mol. The van der Waals surface area contributed by atoms with Crippen LogP contribution >= 0.6 is 0 Å². The summed E-state index contributed by atoms with van der Waals surface area (Å²) in [6.45, 7) is 2.86. The highest BCUT2D eigenvalue weighted by molar-refractivity contribution is 7.88. The summed E-state index contributed by atoms with van der Waals surface area (Å²) in [5, 5.41) is 4.25. The molecule has 2 saturated heterocycles. The molecule has 0 N–H and O–H groups in total. The number of ether oxygens (including phenoxy) is 2. The van der Waals surface area contributed by atoms with Crippen molar-refractivity contribution < 1.29 is 22.4 Å². The van der Waals surface area contributed by atoms with Crippen molar-refractivity contribution in [3.63, 3.8) is 0 Å². The maximum Gasteiger partial charge on any atom is 0.229 e. The van der Waals surface area contributed by atoms with Crippen LogP contribution in [0, 0.1) is 0 Å². The zero-order valence-corrected chi connectivity index (χ0v) is 15.8. The molecule has 3 heterocycles. The number of aromatic nitrogens is 2. The maximum atomic E-state index is 12.0. The van der Waals surface area contributed by atoms with Gasteiger partial charge in [0.25, 0.3) is 0 Å². The number of hydrogen-bond donors (Lipinski definition) is 0. The first-order chi connectivity index (χ1) is 11.9. The van der Waals surface area contributed by atoms with E-state index in [4.69, 9.17) is 14.0 Å². The van der Waals surface area contributed by atoms with Crippen molar-refractivity contribution in [2.75, 3.05) is 46.3 Å². The van der Waals surface area contributed by atoms with E-state index < -0.39 is 15.4 Å². The molecule has 0 radical (unpaired) electrons. The van der Waals surface area contributed by atoms with E-state index in [0.717, 1.165) is 25.7 Å². The average molecular weight is 373 g/mol. The number of methoxy groups -OCH3 is 1. The molecule has 0 amide bonds. The summed E-state index contributed by atoms with van der Waals surface area (Å²) in [5.74, 6) is 1.48. The van der Waals surface area contributed by atoms with Crippen LogP contribution in [0.3, 0.4) is 0 Å². The fourth-order valence-corrected chi connectivity index (χ4v) is 4.67. The van der Waals surface area contributed by atoms with E-state index in [1.165, 1.54) is 10.6 Å². The molecular formula is C16H27N3O5S. The van der Waals surface area contributed by atoms with Crippen LogP contribution < -0.4 is 0 Å². The molecule has 8 nitrogen and oxygen atoms in total. The lowest BCUT2D eigenvalue weighted by Gasteiger charge is -2.39. The quantitative estimate of drug-likeness (QED) is 0.741. The minimum Gasteiger partial charge on any atom is -0.385 e. The molecule has 1 aromatic rings. The van der Waals surface area contributed by atoms with Crippen molar-refractivity contribution in [2.24, 2.45) is 0 Å². The highest BCUT2D eigenvalue weighted by Gasteiger charge is 2.43. The summed E-state index contributed by atoms with van der Waals surface area (Å²) in [4.78, 5) is 4.69. The molecule has 0 aromatic carbocycles. The Kier molecular flexibility index (Phi) is 5.77. The minimum absolute atomic E-state index is 0.226. The van der Waals surface area contributed by atoms with Gasteiger partial charge in [-0.2, -0.15) is 4.98 Å². The van der Waals surface area contributed by atoms with E-state index in [2.05, 4.69) is 10.1 Å². The molecule has 1 atom stereocenters. The predicted molar refractivity (Wildman–Crippen MR) is 90.9 cm³/mol. The van der Waals surface area contributed by atoms with Gasteiger partial charge < -0.3 is 14.0 Å². The molecule has 9 heteroatoms. The number of hydrogen-bond acceptors (Lipinski definition) is 7. The van der Waals surface area contributed by atoms with Gasteiger partial charge in [0.15, 0.2) is 5.82 Å². The van der Waals surface area contributed by atoms with Crippen molar-refractivity contribution in [3.05, 3.63) is 11.7 Å². The standard InChI is InChI=1S/C16H27N3O5S/c1-22-11-7-16(6-3-8-19(12-16)25(2,20)21)15-17-14(24-18-15)13-4-9-23-10-5-13/h13H,3-12H2,1-2H3. The zero-order chi connectivity index (χ0) is 17.9. The molecule has 25 heavy (non-hydrogen) atoms. The van der Waals surface area contributed by atoms with Crippen LogP contribution in [0.5, 0.6) is 0 Å². The Morgan fingerprint density at radius 3 is 2.80 bits per heavy atom. The van der Waals surface area contributed by atoms with Crippen molar-refractivity contribution in [1.29, 1.82) is 0 Å². The third kappa shape index (κ3) is 4.21. The Morgan fingerprint density at radius 2 is 2.12 bits per heavy atom. The van der Waals surface area contributed by atoms with E-state index in [1.807, 2.05) is 0 Å². The van der Waals surface area contributed by atoms with Crippen LogP contribution in [0.25, 0.3) is 0 Å². The number of nitrogens with zero attached hydrogens (tertiary/aromatic N) is 3. The highest BCUT2D eigenvalue weighted by Crippen LogP contribution is 2.37. The van der Waals surface area contributed by atoms with Gasteiger partial charge in [0.1, 0.15) is 0 Å². The van der Waals surface area contributed by atoms with Crippen LogP contribution in [0.1, 0.15) is 49.7 Å². The lowest BCUT2D eigenvalue weighted by Crippen LogP contribution is -2.49. The van der Waals surface area contributed by atoms with Crippen LogP contribution in [-0.4, -0.2) is 69.1 Å². The van der Waals surface area contributed by atoms with Gasteiger partial charge in [-0.25, -0.2) is 12.7 Å². The van der Waals surface area contributed by atoms with E-state index >= 15 is 0 Å². The molecule has 2 aliphatic heterocycles. The molecule has 3 rings (SSSR count). The molecule has 1 unspecified atom stereocenters. The van der Waals surface area contributed by atoms with Crippen LogP contribution in [0.15, 0.2) is 4.52 Å². The van der Waals surface area contributed by atoms with E-state index in [1.54, 1.807) is 7.11 Å². The number of rotatable bonds is 6. The van der Waals surface area contributed by atoms with Gasteiger partial charge in [0.2, 0.25) is 15.9 Å². The fraction of sp³-hybridized carbons (Fsp3) is 0.875. The third-order valence-corrected chi connectivity index (χ3v) is 6.53. The van der Waals surface area contributed by atoms with Crippen LogP contribution in [-0.2, 0) is 24.9 Å². The second-order valence-corrected chi connectivity index (χ2v) is 9.05. The molecule has 142 valence electrons. The molecule has 0 saturated carbocycles. The SMILES string of the molecule is COCCC1(c2noc(C3CCOCC3)n2)CCCN(S(C)(=O)=O)C1. The Labute approximate surface area is 148 Å². The van der Waals surface area contributed by atoms with Crippen molar-refractivity contribution in [3.8, 4) is 0 Å². The third-order valence-electron chi connectivity index (χ3n) is 5.28. The first-order valence-corrected chi connectivity index (χ1v) is 10.7. The second kappa shape index (κ2) is 7.69. The van der Waals surface area contributed by atoms with Gasteiger partial charge in [-0.3, -0.25) is 0 Å². The van der Waals surface area contributed by atoms with Gasteiger partial charge >= 0.3 is 0 Å². The first-order valence-electron chi connectivity index (χ1n) is 8.80. The Balaban J connectivity index is 1.86. The summed E-state index contributed by atoms with van der Waals surface area (Å²) < 4.78 is 41.8. The topological polar surface area (TPSA) is 94.8 Å². The number of sulfonamides is 1. The average Bonchev–Trinajstić information content (AvgIpc) is 3.11. The first kappa shape index (κ1) is 18.8. The maximum absolute atomic E-state index is 12.0. The molecule has 2 fully saturated rings.